The van der Waals surface area contributed by atoms with Crippen LogP contribution in [0.5, 0.6) is 0 Å². The van der Waals surface area contributed by atoms with Gasteiger partial charge in [-0.3, -0.25) is 14.5 Å². The maximum Gasteiger partial charge on any atom is 0.325 e. The molecule has 0 saturated carbocycles. The second-order valence-electron chi connectivity index (χ2n) is 5.35. The first-order valence-electron chi connectivity index (χ1n) is 6.88. The Hall–Kier alpha value is -2.18. The van der Waals surface area contributed by atoms with Gasteiger partial charge in [0.1, 0.15) is 0 Å². The third kappa shape index (κ3) is 2.75. The average Bonchev–Trinajstić information content (AvgIpc) is 3.12. The molecule has 7 heteroatoms. The maximum absolute atomic E-state index is 12.6. The van der Waals surface area contributed by atoms with Gasteiger partial charge in [-0.1, -0.05) is 17.7 Å². The molecule has 1 aliphatic rings. The molecule has 1 atom stereocenters. The van der Waals surface area contributed by atoms with E-state index in [1.54, 1.807) is 37.3 Å². The fourth-order valence-electron chi connectivity index (χ4n) is 2.44. The van der Waals surface area contributed by atoms with Crippen molar-refractivity contribution in [2.45, 2.75) is 12.5 Å². The first-order chi connectivity index (χ1) is 10.9. The van der Waals surface area contributed by atoms with Crippen LogP contribution in [0.1, 0.15) is 22.2 Å². The summed E-state index contributed by atoms with van der Waals surface area (Å²) < 4.78 is 0. The smallest absolute Gasteiger partial charge is 0.319 e. The van der Waals surface area contributed by atoms with Gasteiger partial charge in [0.2, 0.25) is 0 Å². The van der Waals surface area contributed by atoms with E-state index in [0.717, 1.165) is 9.78 Å². The second kappa shape index (κ2) is 5.79. The number of benzene rings is 1. The van der Waals surface area contributed by atoms with Gasteiger partial charge in [0.25, 0.3) is 5.91 Å². The van der Waals surface area contributed by atoms with Crippen LogP contribution in [0.3, 0.4) is 0 Å². The highest BCUT2D eigenvalue weighted by atomic mass is 35.5. The highest BCUT2D eigenvalue weighted by Crippen LogP contribution is 2.31. The summed E-state index contributed by atoms with van der Waals surface area (Å²) in [6.45, 7) is 1.35. The number of urea groups is 1. The van der Waals surface area contributed by atoms with E-state index in [9.17, 15) is 14.4 Å². The van der Waals surface area contributed by atoms with Gasteiger partial charge in [-0.2, -0.15) is 0 Å². The molecule has 1 saturated heterocycles. The lowest BCUT2D eigenvalue weighted by Crippen LogP contribution is -2.40. The number of thiophene rings is 1. The molecule has 1 aliphatic heterocycles. The number of carbonyl (C=O) groups is 3. The van der Waals surface area contributed by atoms with Crippen molar-refractivity contribution in [3.63, 3.8) is 0 Å². The Morgan fingerprint density at radius 2 is 1.96 bits per heavy atom. The monoisotopic (exact) mass is 348 g/mol. The summed E-state index contributed by atoms with van der Waals surface area (Å²) in [4.78, 5) is 38.7. The summed E-state index contributed by atoms with van der Waals surface area (Å²) >= 11 is 7.17. The van der Waals surface area contributed by atoms with Crippen molar-refractivity contribution in [3.05, 3.63) is 57.2 Å². The molecular weight excluding hydrogens is 336 g/mol. The Balaban J connectivity index is 1.81. The first-order valence-corrected chi connectivity index (χ1v) is 8.14. The standard InChI is InChI=1S/C16H13ClN2O3S/c1-16(13-3-2-8-23-13)14(21)19(15(22)18-16)9-12(20)10-4-6-11(17)7-5-10/h2-8H,9H2,1H3,(H,18,22). The van der Waals surface area contributed by atoms with Crippen LogP contribution in [0.4, 0.5) is 4.79 Å². The molecule has 1 N–H and O–H groups in total. The minimum Gasteiger partial charge on any atom is -0.319 e. The van der Waals surface area contributed by atoms with Crippen molar-refractivity contribution in [1.29, 1.82) is 0 Å². The Morgan fingerprint density at radius 1 is 1.26 bits per heavy atom. The minimum absolute atomic E-state index is 0.298. The van der Waals surface area contributed by atoms with Crippen molar-refractivity contribution in [2.24, 2.45) is 0 Å². The van der Waals surface area contributed by atoms with Crippen molar-refractivity contribution in [1.82, 2.24) is 10.2 Å². The molecule has 2 heterocycles. The third-order valence-corrected chi connectivity index (χ3v) is 5.10. The summed E-state index contributed by atoms with van der Waals surface area (Å²) in [6.07, 6.45) is 0. The zero-order chi connectivity index (χ0) is 16.6. The molecule has 3 rings (SSSR count). The predicted octanol–water partition coefficient (Wildman–Crippen LogP) is 3.05. The van der Waals surface area contributed by atoms with Crippen LogP contribution < -0.4 is 5.32 Å². The van der Waals surface area contributed by atoms with E-state index < -0.39 is 17.5 Å². The number of hydrogen-bond donors (Lipinski definition) is 1. The van der Waals surface area contributed by atoms with E-state index in [1.807, 2.05) is 11.4 Å². The number of nitrogens with zero attached hydrogens (tertiary/aromatic N) is 1. The van der Waals surface area contributed by atoms with E-state index in [4.69, 9.17) is 11.6 Å². The van der Waals surface area contributed by atoms with E-state index in [0.29, 0.717) is 10.6 Å². The van der Waals surface area contributed by atoms with Crippen molar-refractivity contribution in [3.8, 4) is 0 Å². The average molecular weight is 349 g/mol. The molecule has 1 unspecified atom stereocenters. The molecule has 118 valence electrons. The van der Waals surface area contributed by atoms with Crippen LogP contribution in [0.25, 0.3) is 0 Å². The lowest BCUT2D eigenvalue weighted by atomic mass is 10.0. The molecule has 0 aliphatic carbocycles. The fraction of sp³-hybridized carbons (Fsp3) is 0.188. The zero-order valence-corrected chi connectivity index (χ0v) is 13.8. The largest absolute Gasteiger partial charge is 0.325 e. The van der Waals surface area contributed by atoms with Crippen LogP contribution in [0, 0.1) is 0 Å². The van der Waals surface area contributed by atoms with Gasteiger partial charge >= 0.3 is 6.03 Å². The molecule has 0 radical (unpaired) electrons. The highest BCUT2D eigenvalue weighted by molar-refractivity contribution is 7.10. The number of rotatable bonds is 4. The van der Waals surface area contributed by atoms with Crippen LogP contribution in [0.15, 0.2) is 41.8 Å². The molecule has 1 aromatic heterocycles. The lowest BCUT2D eigenvalue weighted by molar-refractivity contribution is -0.130. The summed E-state index contributed by atoms with van der Waals surface area (Å²) in [5, 5.41) is 5.02. The summed E-state index contributed by atoms with van der Waals surface area (Å²) in [5.41, 5.74) is -0.717. The first kappa shape index (κ1) is 15.7. The van der Waals surface area contributed by atoms with Gasteiger partial charge in [0, 0.05) is 15.5 Å². The van der Waals surface area contributed by atoms with E-state index in [1.165, 1.54) is 11.3 Å². The van der Waals surface area contributed by atoms with Crippen LogP contribution in [-0.4, -0.2) is 29.2 Å². The molecule has 3 amide bonds. The van der Waals surface area contributed by atoms with E-state index >= 15 is 0 Å². The second-order valence-corrected chi connectivity index (χ2v) is 6.74. The number of nitrogens with one attached hydrogen (secondary N) is 1. The third-order valence-electron chi connectivity index (χ3n) is 3.76. The number of imide groups is 1. The summed E-state index contributed by atoms with van der Waals surface area (Å²) in [6, 6.07) is 9.36. The number of halogens is 1. The van der Waals surface area contributed by atoms with Gasteiger partial charge in [-0.25, -0.2) is 4.79 Å². The number of carbonyl (C=O) groups excluding carboxylic acids is 3. The SMILES string of the molecule is CC1(c2cccs2)NC(=O)N(CC(=O)c2ccc(Cl)cc2)C1=O. The van der Waals surface area contributed by atoms with Crippen LogP contribution >= 0.6 is 22.9 Å². The Bertz CT molecular complexity index is 773. The van der Waals surface area contributed by atoms with Crippen LogP contribution in [-0.2, 0) is 10.3 Å². The zero-order valence-electron chi connectivity index (χ0n) is 12.2. The van der Waals surface area contributed by atoms with Gasteiger partial charge in [-0.05, 0) is 42.6 Å². The molecule has 1 fully saturated rings. The predicted molar refractivity (Wildman–Crippen MR) is 87.7 cm³/mol. The normalized spacial score (nSPS) is 20.7. The van der Waals surface area contributed by atoms with Crippen molar-refractivity contribution < 1.29 is 14.4 Å². The van der Waals surface area contributed by atoms with E-state index in [2.05, 4.69) is 5.32 Å². The summed E-state index contributed by atoms with van der Waals surface area (Å²) in [7, 11) is 0. The molecule has 0 bridgehead atoms. The Kier molecular flexibility index (Phi) is 3.95. The minimum atomic E-state index is -1.12. The van der Waals surface area contributed by atoms with Crippen molar-refractivity contribution >= 4 is 40.7 Å². The van der Waals surface area contributed by atoms with Gasteiger partial charge in [0.15, 0.2) is 11.3 Å². The summed E-state index contributed by atoms with van der Waals surface area (Å²) in [5.74, 6) is -0.743. The number of ketones is 1. The van der Waals surface area contributed by atoms with Crippen molar-refractivity contribution in [2.75, 3.05) is 6.54 Å². The van der Waals surface area contributed by atoms with Gasteiger partial charge in [0.05, 0.1) is 6.54 Å². The molecular formula is C16H13ClN2O3S. The molecule has 0 spiro atoms. The number of amides is 3. The Morgan fingerprint density at radius 3 is 2.57 bits per heavy atom. The number of Topliss-reactive ketones (excluding diaryl/α,β-unsaturated/α-hetero) is 1. The molecule has 1 aromatic carbocycles. The fourth-order valence-corrected chi connectivity index (χ4v) is 3.40. The van der Waals surface area contributed by atoms with Gasteiger partial charge < -0.3 is 5.32 Å². The lowest BCUT2D eigenvalue weighted by Gasteiger charge is -2.19. The topological polar surface area (TPSA) is 66.5 Å². The Labute approximate surface area is 141 Å². The number of hydrogen-bond acceptors (Lipinski definition) is 4. The molecule has 23 heavy (non-hydrogen) atoms. The molecule has 5 nitrogen and oxygen atoms in total. The van der Waals surface area contributed by atoms with Gasteiger partial charge in [-0.15, -0.1) is 11.3 Å². The maximum atomic E-state index is 12.6. The molecule has 2 aromatic rings. The highest BCUT2D eigenvalue weighted by Gasteiger charge is 2.50. The van der Waals surface area contributed by atoms with E-state index in [-0.39, 0.29) is 12.3 Å². The quantitative estimate of drug-likeness (QED) is 0.682. The van der Waals surface area contributed by atoms with Crippen LogP contribution in [0.2, 0.25) is 5.02 Å².